The molecule has 0 aliphatic rings. The number of aromatic nitrogens is 3. The van der Waals surface area contributed by atoms with Crippen molar-refractivity contribution < 1.29 is 4.42 Å². The lowest BCUT2D eigenvalue weighted by Crippen LogP contribution is -2.25. The van der Waals surface area contributed by atoms with E-state index in [1.807, 2.05) is 49.3 Å². The largest absolute Gasteiger partial charge is 0.465 e. The van der Waals surface area contributed by atoms with E-state index in [4.69, 9.17) is 4.42 Å². The van der Waals surface area contributed by atoms with Crippen LogP contribution in [0, 0.1) is 0 Å². The number of aryl methyl sites for hydroxylation is 1. The Morgan fingerprint density at radius 2 is 2.04 bits per heavy atom. The van der Waals surface area contributed by atoms with E-state index in [2.05, 4.69) is 37.6 Å². The number of imidazole rings is 1. The van der Waals surface area contributed by atoms with Crippen LogP contribution in [0.25, 0.3) is 6.08 Å². The summed E-state index contributed by atoms with van der Waals surface area (Å²) in [7, 11) is 0. The third-order valence-electron chi connectivity index (χ3n) is 3.79. The van der Waals surface area contributed by atoms with Crippen molar-refractivity contribution in [2.75, 3.05) is 13.1 Å². The van der Waals surface area contributed by atoms with Crippen molar-refractivity contribution in [1.82, 2.24) is 19.4 Å². The zero-order chi connectivity index (χ0) is 16.5. The fourth-order valence-corrected chi connectivity index (χ4v) is 2.58. The van der Waals surface area contributed by atoms with Gasteiger partial charge in [-0.15, -0.1) is 0 Å². The monoisotopic (exact) mass is 322 g/mol. The van der Waals surface area contributed by atoms with Gasteiger partial charge in [0.25, 0.3) is 0 Å². The van der Waals surface area contributed by atoms with Crippen molar-refractivity contribution in [3.05, 3.63) is 79.0 Å². The van der Waals surface area contributed by atoms with E-state index in [1.165, 1.54) is 5.56 Å². The Kier molecular flexibility index (Phi) is 5.97. The maximum absolute atomic E-state index is 5.34. The van der Waals surface area contributed by atoms with Crippen LogP contribution in [0.5, 0.6) is 0 Å². The minimum absolute atomic E-state index is 0.882. The van der Waals surface area contributed by atoms with E-state index >= 15 is 0 Å². The Labute approximate surface area is 142 Å². The minimum atomic E-state index is 0.882. The van der Waals surface area contributed by atoms with Crippen molar-refractivity contribution in [1.29, 1.82) is 0 Å². The highest BCUT2D eigenvalue weighted by Gasteiger charge is 2.05. The quantitative estimate of drug-likeness (QED) is 0.605. The zero-order valence-electron chi connectivity index (χ0n) is 13.7. The van der Waals surface area contributed by atoms with Crippen LogP contribution in [0.1, 0.15) is 17.7 Å². The molecule has 0 spiro atoms. The summed E-state index contributed by atoms with van der Waals surface area (Å²) < 4.78 is 7.45. The molecular weight excluding hydrogens is 300 g/mol. The second kappa shape index (κ2) is 8.84. The Bertz CT molecular complexity index is 705. The van der Waals surface area contributed by atoms with E-state index in [0.29, 0.717) is 0 Å². The van der Waals surface area contributed by atoms with Gasteiger partial charge in [-0.1, -0.05) is 6.08 Å². The number of rotatable bonds is 9. The van der Waals surface area contributed by atoms with Crippen molar-refractivity contribution in [3.63, 3.8) is 0 Å². The fraction of sp³-hybridized carbons (Fsp3) is 0.263. The molecule has 0 fully saturated rings. The molecule has 3 aromatic heterocycles. The number of hydrogen-bond donors (Lipinski definition) is 0. The van der Waals surface area contributed by atoms with Gasteiger partial charge >= 0.3 is 0 Å². The molecule has 0 aliphatic heterocycles. The SMILES string of the molecule is C(=C\c1ccco1)/CN(CCCn1ccnc1)Cc1ccncc1. The summed E-state index contributed by atoms with van der Waals surface area (Å²) in [5.41, 5.74) is 1.28. The lowest BCUT2D eigenvalue weighted by molar-refractivity contribution is 0.284. The van der Waals surface area contributed by atoms with Crippen LogP contribution in [0.2, 0.25) is 0 Å². The van der Waals surface area contributed by atoms with Gasteiger partial charge in [-0.25, -0.2) is 4.98 Å². The predicted octanol–water partition coefficient (Wildman–Crippen LogP) is 3.48. The summed E-state index contributed by atoms with van der Waals surface area (Å²) >= 11 is 0. The van der Waals surface area contributed by atoms with Crippen molar-refractivity contribution in [2.45, 2.75) is 19.5 Å². The average Bonchev–Trinajstić information content (AvgIpc) is 3.29. The first-order chi connectivity index (χ1) is 11.9. The number of furan rings is 1. The van der Waals surface area contributed by atoms with Crippen LogP contribution in [0.3, 0.4) is 0 Å². The molecule has 0 amide bonds. The van der Waals surface area contributed by atoms with Crippen LogP contribution in [-0.4, -0.2) is 32.5 Å². The Balaban J connectivity index is 1.54. The van der Waals surface area contributed by atoms with Crippen LogP contribution in [0.4, 0.5) is 0 Å². The standard InChI is InChI=1S/C19H22N4O/c1(4-19-5-2-15-24-19)11-22(16-18-6-8-20-9-7-18)12-3-13-23-14-10-21-17-23/h1-2,4-10,14-15,17H,3,11-13,16H2/b4-1+. The average molecular weight is 322 g/mol. The van der Waals surface area contributed by atoms with Crippen LogP contribution >= 0.6 is 0 Å². The van der Waals surface area contributed by atoms with E-state index in [1.54, 1.807) is 6.26 Å². The fourth-order valence-electron chi connectivity index (χ4n) is 2.58. The maximum atomic E-state index is 5.34. The molecule has 0 atom stereocenters. The topological polar surface area (TPSA) is 47.1 Å². The molecule has 0 aliphatic carbocycles. The smallest absolute Gasteiger partial charge is 0.126 e. The van der Waals surface area contributed by atoms with Gasteiger partial charge in [-0.3, -0.25) is 9.88 Å². The Morgan fingerprint density at radius 1 is 1.12 bits per heavy atom. The molecule has 5 heteroatoms. The summed E-state index contributed by atoms with van der Waals surface area (Å²) in [4.78, 5) is 10.6. The number of pyridine rings is 1. The molecule has 0 saturated heterocycles. The zero-order valence-corrected chi connectivity index (χ0v) is 13.7. The van der Waals surface area contributed by atoms with Crippen molar-refractivity contribution in [3.8, 4) is 0 Å². The molecule has 3 rings (SSSR count). The normalized spacial score (nSPS) is 11.5. The van der Waals surface area contributed by atoms with Gasteiger partial charge in [0.15, 0.2) is 0 Å². The molecule has 0 unspecified atom stereocenters. The highest BCUT2D eigenvalue weighted by atomic mass is 16.3. The molecule has 0 aromatic carbocycles. The highest BCUT2D eigenvalue weighted by Crippen LogP contribution is 2.07. The van der Waals surface area contributed by atoms with Crippen LogP contribution in [-0.2, 0) is 13.1 Å². The van der Waals surface area contributed by atoms with Gasteiger partial charge in [0.2, 0.25) is 0 Å². The van der Waals surface area contributed by atoms with Gasteiger partial charge in [-0.05, 0) is 42.3 Å². The Hall–Kier alpha value is -2.66. The molecule has 24 heavy (non-hydrogen) atoms. The molecule has 124 valence electrons. The second-order valence-corrected chi connectivity index (χ2v) is 5.66. The molecule has 0 radical (unpaired) electrons. The Morgan fingerprint density at radius 3 is 2.79 bits per heavy atom. The summed E-state index contributed by atoms with van der Waals surface area (Å²) in [6, 6.07) is 8.00. The third kappa shape index (κ3) is 5.21. The van der Waals surface area contributed by atoms with E-state index < -0.39 is 0 Å². The van der Waals surface area contributed by atoms with Gasteiger partial charge in [0.05, 0.1) is 12.6 Å². The van der Waals surface area contributed by atoms with E-state index in [0.717, 1.165) is 38.4 Å². The first kappa shape index (κ1) is 16.2. The van der Waals surface area contributed by atoms with Crippen LogP contribution in [0.15, 0.2) is 72.1 Å². The summed E-state index contributed by atoms with van der Waals surface area (Å²) in [6.45, 7) is 3.79. The maximum Gasteiger partial charge on any atom is 0.126 e. The molecule has 5 nitrogen and oxygen atoms in total. The van der Waals surface area contributed by atoms with Gasteiger partial charge in [0.1, 0.15) is 5.76 Å². The molecule has 0 bridgehead atoms. The lowest BCUT2D eigenvalue weighted by Gasteiger charge is -2.20. The first-order valence-electron chi connectivity index (χ1n) is 8.17. The summed E-state index contributed by atoms with van der Waals surface area (Å²) in [6.07, 6.45) is 16.3. The van der Waals surface area contributed by atoms with Gasteiger partial charge in [-0.2, -0.15) is 0 Å². The van der Waals surface area contributed by atoms with Crippen LogP contribution < -0.4 is 0 Å². The lowest BCUT2D eigenvalue weighted by atomic mass is 10.2. The second-order valence-electron chi connectivity index (χ2n) is 5.66. The number of nitrogens with zero attached hydrogens (tertiary/aromatic N) is 4. The molecular formula is C19H22N4O. The molecule has 0 saturated carbocycles. The van der Waals surface area contributed by atoms with Crippen molar-refractivity contribution in [2.24, 2.45) is 0 Å². The predicted molar refractivity (Wildman–Crippen MR) is 94.1 cm³/mol. The molecule has 0 N–H and O–H groups in total. The van der Waals surface area contributed by atoms with Crippen molar-refractivity contribution >= 4 is 6.08 Å². The first-order valence-corrected chi connectivity index (χ1v) is 8.17. The summed E-state index contributed by atoms with van der Waals surface area (Å²) in [5, 5.41) is 0. The van der Waals surface area contributed by atoms with Gasteiger partial charge < -0.3 is 8.98 Å². The van der Waals surface area contributed by atoms with E-state index in [9.17, 15) is 0 Å². The highest BCUT2D eigenvalue weighted by molar-refractivity contribution is 5.42. The molecule has 3 aromatic rings. The minimum Gasteiger partial charge on any atom is -0.465 e. The van der Waals surface area contributed by atoms with E-state index in [-0.39, 0.29) is 0 Å². The number of hydrogen-bond acceptors (Lipinski definition) is 4. The molecule has 3 heterocycles. The third-order valence-corrected chi connectivity index (χ3v) is 3.79. The summed E-state index contributed by atoms with van der Waals surface area (Å²) in [5.74, 6) is 0.886. The van der Waals surface area contributed by atoms with Gasteiger partial charge in [0, 0.05) is 51.0 Å².